The minimum atomic E-state index is -1.17. The van der Waals surface area contributed by atoms with Crippen molar-refractivity contribution in [3.8, 4) is 0 Å². The molecule has 0 aliphatic rings. The quantitative estimate of drug-likeness (QED) is 0.0297. The fourth-order valence-electron chi connectivity index (χ4n) is 6.11. The molecule has 0 aromatic rings. The van der Waals surface area contributed by atoms with E-state index in [0.717, 1.165) is 44.9 Å². The molecule has 0 spiro atoms. The summed E-state index contributed by atoms with van der Waals surface area (Å²) in [5, 5.41) is 33.4. The van der Waals surface area contributed by atoms with Crippen LogP contribution in [0.4, 0.5) is 0 Å². The third kappa shape index (κ3) is 34.5. The Labute approximate surface area is 304 Å². The first-order valence-corrected chi connectivity index (χ1v) is 20.9. The van der Waals surface area contributed by atoms with Crippen LogP contribution in [0.3, 0.4) is 0 Å². The molecule has 0 fully saturated rings. The Morgan fingerprint density at radius 1 is 0.510 bits per heavy atom. The van der Waals surface area contributed by atoms with E-state index in [1.165, 1.54) is 128 Å². The van der Waals surface area contributed by atoms with Crippen LogP contribution in [0.15, 0.2) is 48.6 Å². The Balaban J connectivity index is 3.73. The van der Waals surface area contributed by atoms with Gasteiger partial charge in [-0.05, 0) is 77.0 Å². The number of nitrogens with one attached hydrogen (secondary N) is 1. The van der Waals surface area contributed by atoms with E-state index < -0.39 is 18.2 Å². The first kappa shape index (κ1) is 47.3. The molecule has 0 aliphatic carbocycles. The molecular weight excluding hydrogens is 606 g/mol. The highest BCUT2D eigenvalue weighted by molar-refractivity contribution is 5.76. The van der Waals surface area contributed by atoms with Crippen LogP contribution in [0.2, 0.25) is 0 Å². The van der Waals surface area contributed by atoms with Crippen molar-refractivity contribution in [2.24, 2.45) is 0 Å². The Morgan fingerprint density at radius 3 is 1.41 bits per heavy atom. The monoisotopic (exact) mass is 688 g/mol. The first-order valence-electron chi connectivity index (χ1n) is 20.9. The summed E-state index contributed by atoms with van der Waals surface area (Å²) in [4.78, 5) is 12.4. The summed E-state index contributed by atoms with van der Waals surface area (Å²) in [6.07, 6.45) is 49.2. The lowest BCUT2D eigenvalue weighted by Crippen LogP contribution is -2.50. The van der Waals surface area contributed by atoms with Gasteiger partial charge in [-0.3, -0.25) is 4.79 Å². The van der Waals surface area contributed by atoms with Crippen LogP contribution in [0.5, 0.6) is 0 Å². The van der Waals surface area contributed by atoms with E-state index in [0.29, 0.717) is 12.8 Å². The fraction of sp³-hybridized carbons (Fsp3) is 0.795. The molecule has 0 aliphatic heterocycles. The number of aliphatic hydroxyl groups is 3. The number of hydrogen-bond acceptors (Lipinski definition) is 4. The van der Waals surface area contributed by atoms with Gasteiger partial charge in [-0.1, -0.05) is 165 Å². The zero-order valence-corrected chi connectivity index (χ0v) is 32.3. The van der Waals surface area contributed by atoms with Crippen molar-refractivity contribution in [2.45, 2.75) is 218 Å². The van der Waals surface area contributed by atoms with Crippen LogP contribution in [-0.4, -0.2) is 46.1 Å². The molecule has 5 nitrogen and oxygen atoms in total. The molecule has 0 aromatic heterocycles. The molecule has 0 rings (SSSR count). The summed E-state index contributed by atoms with van der Waals surface area (Å²) >= 11 is 0. The van der Waals surface area contributed by atoms with Crippen molar-refractivity contribution in [3.63, 3.8) is 0 Å². The number of carbonyl (C=O) groups excluding carboxylic acids is 1. The predicted molar refractivity (Wildman–Crippen MR) is 213 cm³/mol. The molecule has 3 atom stereocenters. The summed E-state index contributed by atoms with van der Waals surface area (Å²) in [6, 6.07) is -0.834. The van der Waals surface area contributed by atoms with Gasteiger partial charge in [0.15, 0.2) is 0 Å². The van der Waals surface area contributed by atoms with E-state index >= 15 is 0 Å². The Kier molecular flexibility index (Phi) is 37.8. The minimum Gasteiger partial charge on any atom is -0.394 e. The Morgan fingerprint density at radius 2 is 0.898 bits per heavy atom. The van der Waals surface area contributed by atoms with E-state index in [4.69, 9.17) is 0 Å². The summed E-state index contributed by atoms with van der Waals surface area (Å²) in [6.45, 7) is 4.12. The van der Waals surface area contributed by atoms with Gasteiger partial charge in [-0.2, -0.15) is 0 Å². The summed E-state index contributed by atoms with van der Waals surface area (Å²) in [5.41, 5.74) is 0. The van der Waals surface area contributed by atoms with E-state index in [1.54, 1.807) is 0 Å². The number of carbonyl (C=O) groups is 1. The van der Waals surface area contributed by atoms with Gasteiger partial charge < -0.3 is 20.6 Å². The zero-order chi connectivity index (χ0) is 35.9. The van der Waals surface area contributed by atoms with Gasteiger partial charge in [0.1, 0.15) is 6.10 Å². The van der Waals surface area contributed by atoms with Crippen molar-refractivity contribution >= 4 is 5.91 Å². The second kappa shape index (κ2) is 39.1. The van der Waals surface area contributed by atoms with Crippen molar-refractivity contribution in [2.75, 3.05) is 6.61 Å². The number of aliphatic hydroxyl groups excluding tert-OH is 3. The molecule has 0 saturated carbocycles. The second-order valence-electron chi connectivity index (χ2n) is 14.2. The normalized spacial score (nSPS) is 14.1. The SMILES string of the molecule is CCCCC/C=C\C=C/CCCCCCCCCCCCC(=O)NC(CO)C(O)C(O)CCC/C=C/CC/C=C/CCCCCCCCC. The standard InChI is InChI=1S/C44H81NO4/c1-3-5-7-9-11-13-15-17-19-21-22-23-25-27-29-31-33-35-37-39-43(48)45-41(40-46)44(49)42(47)38-36-34-32-30-28-26-24-20-18-16-14-12-10-8-6-4-2/h11,13,15,17,20,24,30,32,41-42,44,46-47,49H,3-10,12,14,16,18-19,21-23,25-29,31,33-40H2,1-2H3,(H,45,48)/b13-11-,17-15-,24-20+,32-30+. The molecule has 3 unspecified atom stereocenters. The van der Waals surface area contributed by atoms with Crippen LogP contribution < -0.4 is 5.32 Å². The van der Waals surface area contributed by atoms with Crippen molar-refractivity contribution in [1.29, 1.82) is 0 Å². The number of hydrogen-bond donors (Lipinski definition) is 4. The number of unbranched alkanes of at least 4 members (excludes halogenated alkanes) is 22. The Hall–Kier alpha value is -1.69. The summed E-state index contributed by atoms with van der Waals surface area (Å²) < 4.78 is 0. The average Bonchev–Trinajstić information content (AvgIpc) is 3.10. The van der Waals surface area contributed by atoms with Gasteiger partial charge in [-0.15, -0.1) is 0 Å². The van der Waals surface area contributed by atoms with Crippen molar-refractivity contribution < 1.29 is 20.1 Å². The van der Waals surface area contributed by atoms with Gasteiger partial charge in [0.25, 0.3) is 0 Å². The van der Waals surface area contributed by atoms with Gasteiger partial charge in [0.05, 0.1) is 18.8 Å². The molecule has 5 heteroatoms. The molecule has 0 saturated heterocycles. The molecule has 286 valence electrons. The predicted octanol–water partition coefficient (Wildman–Crippen LogP) is 11.8. The fourth-order valence-corrected chi connectivity index (χ4v) is 6.11. The smallest absolute Gasteiger partial charge is 0.220 e. The largest absolute Gasteiger partial charge is 0.394 e. The Bertz CT molecular complexity index is 805. The van der Waals surface area contributed by atoms with Gasteiger partial charge in [-0.25, -0.2) is 0 Å². The average molecular weight is 688 g/mol. The summed E-state index contributed by atoms with van der Waals surface area (Å²) in [5.74, 6) is -0.164. The minimum absolute atomic E-state index is 0.164. The van der Waals surface area contributed by atoms with Gasteiger partial charge in [0.2, 0.25) is 5.91 Å². The topological polar surface area (TPSA) is 89.8 Å². The number of rotatable bonds is 37. The van der Waals surface area contributed by atoms with Crippen LogP contribution >= 0.6 is 0 Å². The van der Waals surface area contributed by atoms with Crippen LogP contribution in [-0.2, 0) is 4.79 Å². The molecule has 0 aromatic carbocycles. The van der Waals surface area contributed by atoms with E-state index in [1.807, 2.05) is 0 Å². The van der Waals surface area contributed by atoms with E-state index in [9.17, 15) is 20.1 Å². The third-order valence-corrected chi connectivity index (χ3v) is 9.41. The molecule has 0 heterocycles. The maximum absolute atomic E-state index is 12.4. The third-order valence-electron chi connectivity index (χ3n) is 9.41. The molecular formula is C44H81NO4. The van der Waals surface area contributed by atoms with Gasteiger partial charge >= 0.3 is 0 Å². The lowest BCUT2D eigenvalue weighted by Gasteiger charge is -2.26. The molecule has 49 heavy (non-hydrogen) atoms. The number of allylic oxidation sites excluding steroid dienone is 8. The zero-order valence-electron chi connectivity index (χ0n) is 32.3. The maximum Gasteiger partial charge on any atom is 0.220 e. The van der Waals surface area contributed by atoms with E-state index in [2.05, 4.69) is 67.8 Å². The molecule has 4 N–H and O–H groups in total. The molecule has 0 radical (unpaired) electrons. The lowest BCUT2D eigenvalue weighted by molar-refractivity contribution is -0.124. The lowest BCUT2D eigenvalue weighted by atomic mass is 10.0. The molecule has 1 amide bonds. The van der Waals surface area contributed by atoms with Crippen molar-refractivity contribution in [3.05, 3.63) is 48.6 Å². The highest BCUT2D eigenvalue weighted by atomic mass is 16.3. The van der Waals surface area contributed by atoms with Crippen LogP contribution in [0, 0.1) is 0 Å². The van der Waals surface area contributed by atoms with Crippen LogP contribution in [0.1, 0.15) is 200 Å². The first-order chi connectivity index (χ1) is 24.1. The number of amides is 1. The van der Waals surface area contributed by atoms with Crippen molar-refractivity contribution in [1.82, 2.24) is 5.32 Å². The summed E-state index contributed by atoms with van der Waals surface area (Å²) in [7, 11) is 0. The van der Waals surface area contributed by atoms with E-state index in [-0.39, 0.29) is 12.5 Å². The second-order valence-corrected chi connectivity index (χ2v) is 14.2. The maximum atomic E-state index is 12.4. The van der Waals surface area contributed by atoms with Gasteiger partial charge in [0, 0.05) is 6.42 Å². The molecule has 0 bridgehead atoms. The van der Waals surface area contributed by atoms with Crippen LogP contribution in [0.25, 0.3) is 0 Å². The highest BCUT2D eigenvalue weighted by Gasteiger charge is 2.26. The highest BCUT2D eigenvalue weighted by Crippen LogP contribution is 2.14.